The molecule has 0 unspecified atom stereocenters. The van der Waals surface area contributed by atoms with E-state index in [4.69, 9.17) is 0 Å². The Morgan fingerprint density at radius 2 is 0.818 bits per heavy atom. The maximum absolute atomic E-state index is 2.43. The summed E-state index contributed by atoms with van der Waals surface area (Å²) in [5, 5.41) is 2.91. The minimum Gasteiger partial charge on any atom is -0.0620 e. The molecule has 164 valence electrons. The molecule has 33 heavy (non-hydrogen) atoms. The number of rotatable bonds is 6. The second-order valence-electron chi connectivity index (χ2n) is 9.36. The summed E-state index contributed by atoms with van der Waals surface area (Å²) in [6.45, 7) is 9.13. The van der Waals surface area contributed by atoms with Crippen LogP contribution >= 0.6 is 0 Å². The molecule has 0 spiro atoms. The SMILES string of the molecule is Cc1cccc(/C=C/c2ccc([Si](C)(C)c3ccc(/C=C/c4cccc(C)c4)cc3)cc2)c1. The first kappa shape index (κ1) is 22.8. The maximum atomic E-state index is 2.43. The van der Waals surface area contributed by atoms with Crippen molar-refractivity contribution in [1.29, 1.82) is 0 Å². The molecule has 0 heterocycles. The zero-order chi connectivity index (χ0) is 23.3. The Morgan fingerprint density at radius 1 is 0.455 bits per heavy atom. The van der Waals surface area contributed by atoms with Gasteiger partial charge in [-0.1, -0.05) is 156 Å². The first-order valence-electron chi connectivity index (χ1n) is 11.6. The van der Waals surface area contributed by atoms with Crippen molar-refractivity contribution in [2.75, 3.05) is 0 Å². The monoisotopic (exact) mass is 444 g/mol. The van der Waals surface area contributed by atoms with Gasteiger partial charge in [0.05, 0.1) is 0 Å². The van der Waals surface area contributed by atoms with E-state index in [0.717, 1.165) is 0 Å². The molecule has 4 rings (SSSR count). The van der Waals surface area contributed by atoms with Gasteiger partial charge >= 0.3 is 0 Å². The summed E-state index contributed by atoms with van der Waals surface area (Å²) in [7, 11) is -1.74. The molecule has 0 saturated heterocycles. The molecule has 0 saturated carbocycles. The third-order valence-corrected chi connectivity index (χ3v) is 9.84. The van der Waals surface area contributed by atoms with Crippen LogP contribution in [0.3, 0.4) is 0 Å². The quantitative estimate of drug-likeness (QED) is 0.214. The Hall–Kier alpha value is -3.42. The van der Waals surface area contributed by atoms with Gasteiger partial charge in [0.1, 0.15) is 8.07 Å². The van der Waals surface area contributed by atoms with Crippen molar-refractivity contribution in [3.8, 4) is 0 Å². The largest absolute Gasteiger partial charge is 0.112 e. The van der Waals surface area contributed by atoms with Crippen LogP contribution in [0.25, 0.3) is 24.3 Å². The van der Waals surface area contributed by atoms with Crippen molar-refractivity contribution >= 4 is 42.8 Å². The van der Waals surface area contributed by atoms with Crippen molar-refractivity contribution in [3.05, 3.63) is 130 Å². The molecule has 0 aliphatic rings. The summed E-state index contributed by atoms with van der Waals surface area (Å²) in [6.07, 6.45) is 8.77. The van der Waals surface area contributed by atoms with Gasteiger partial charge in [-0.2, -0.15) is 0 Å². The number of hydrogen-bond acceptors (Lipinski definition) is 0. The van der Waals surface area contributed by atoms with Gasteiger partial charge < -0.3 is 0 Å². The van der Waals surface area contributed by atoms with Gasteiger partial charge in [-0.15, -0.1) is 0 Å². The Labute approximate surface area is 200 Å². The third-order valence-electron chi connectivity index (χ3n) is 6.29. The molecule has 0 aliphatic heterocycles. The first-order valence-corrected chi connectivity index (χ1v) is 14.6. The number of aryl methyl sites for hydroxylation is 2. The van der Waals surface area contributed by atoms with Crippen LogP contribution in [0.2, 0.25) is 13.1 Å². The molecule has 4 aromatic rings. The first-order chi connectivity index (χ1) is 15.9. The highest BCUT2D eigenvalue weighted by molar-refractivity contribution is 7.00. The average Bonchev–Trinajstić information content (AvgIpc) is 2.82. The second kappa shape index (κ2) is 10.0. The van der Waals surface area contributed by atoms with E-state index < -0.39 is 8.07 Å². The van der Waals surface area contributed by atoms with E-state index in [1.165, 1.54) is 43.8 Å². The molecule has 0 atom stereocenters. The van der Waals surface area contributed by atoms with Crippen molar-refractivity contribution in [3.63, 3.8) is 0 Å². The molecule has 0 amide bonds. The van der Waals surface area contributed by atoms with E-state index in [-0.39, 0.29) is 0 Å². The smallest absolute Gasteiger partial charge is 0.0620 e. The molecular weight excluding hydrogens is 412 g/mol. The molecular formula is C32H32Si. The molecule has 0 nitrogen and oxygen atoms in total. The van der Waals surface area contributed by atoms with Gasteiger partial charge in [0, 0.05) is 0 Å². The number of hydrogen-bond donors (Lipinski definition) is 0. The van der Waals surface area contributed by atoms with Gasteiger partial charge in [0.25, 0.3) is 0 Å². The Kier molecular flexibility index (Phi) is 6.91. The lowest BCUT2D eigenvalue weighted by molar-refractivity contribution is 1.46. The predicted molar refractivity (Wildman–Crippen MR) is 150 cm³/mol. The van der Waals surface area contributed by atoms with E-state index in [0.29, 0.717) is 0 Å². The molecule has 0 aromatic heterocycles. The predicted octanol–water partition coefficient (Wildman–Crippen LogP) is 7.47. The van der Waals surface area contributed by atoms with Crippen LogP contribution in [0.15, 0.2) is 97.1 Å². The summed E-state index contributed by atoms with van der Waals surface area (Å²) in [6, 6.07) is 35.4. The van der Waals surface area contributed by atoms with Gasteiger partial charge in [0.2, 0.25) is 0 Å². The topological polar surface area (TPSA) is 0 Å². The van der Waals surface area contributed by atoms with E-state index in [2.05, 4.69) is 148 Å². The van der Waals surface area contributed by atoms with Crippen LogP contribution in [-0.2, 0) is 0 Å². The maximum Gasteiger partial charge on any atom is 0.112 e. The van der Waals surface area contributed by atoms with Crippen molar-refractivity contribution in [2.24, 2.45) is 0 Å². The Bertz CT molecular complexity index is 1170. The zero-order valence-electron chi connectivity index (χ0n) is 20.0. The van der Waals surface area contributed by atoms with Gasteiger partial charge in [0.15, 0.2) is 0 Å². The summed E-state index contributed by atoms with van der Waals surface area (Å²) < 4.78 is 0. The van der Waals surface area contributed by atoms with E-state index in [9.17, 15) is 0 Å². The lowest BCUT2D eigenvalue weighted by Gasteiger charge is -2.24. The standard InChI is InChI=1S/C32H32Si/c1-25-7-5-9-29(23-25)13-11-27-15-19-31(20-16-27)33(3,4)32-21-17-28(18-22-32)12-14-30-10-6-8-26(2)24-30/h5-24H,1-4H3/b13-11+,14-12+. The van der Waals surface area contributed by atoms with E-state index >= 15 is 0 Å². The second-order valence-corrected chi connectivity index (χ2v) is 13.8. The fraction of sp³-hybridized carbons (Fsp3) is 0.125. The molecule has 1 heteroatoms. The highest BCUT2D eigenvalue weighted by atomic mass is 28.3. The van der Waals surface area contributed by atoms with Crippen LogP contribution in [0.1, 0.15) is 33.4 Å². The van der Waals surface area contributed by atoms with Crippen LogP contribution in [-0.4, -0.2) is 8.07 Å². The van der Waals surface area contributed by atoms with Gasteiger partial charge in [-0.25, -0.2) is 0 Å². The van der Waals surface area contributed by atoms with Gasteiger partial charge in [-0.05, 0) is 36.1 Å². The Morgan fingerprint density at radius 3 is 1.18 bits per heavy atom. The lowest BCUT2D eigenvalue weighted by atomic mass is 10.1. The minimum atomic E-state index is -1.74. The van der Waals surface area contributed by atoms with Gasteiger partial charge in [-0.3, -0.25) is 0 Å². The van der Waals surface area contributed by atoms with Crippen molar-refractivity contribution in [1.82, 2.24) is 0 Å². The van der Waals surface area contributed by atoms with Crippen molar-refractivity contribution < 1.29 is 0 Å². The minimum absolute atomic E-state index is 1.24. The summed E-state index contributed by atoms with van der Waals surface area (Å²) >= 11 is 0. The fourth-order valence-electron chi connectivity index (χ4n) is 4.12. The molecule has 0 aliphatic carbocycles. The molecule has 0 bridgehead atoms. The molecule has 0 radical (unpaired) electrons. The van der Waals surface area contributed by atoms with Crippen LogP contribution in [0.4, 0.5) is 0 Å². The number of benzene rings is 4. The van der Waals surface area contributed by atoms with Crippen LogP contribution < -0.4 is 10.4 Å². The molecule has 0 N–H and O–H groups in total. The Balaban J connectivity index is 1.47. The summed E-state index contributed by atoms with van der Waals surface area (Å²) in [5.41, 5.74) is 7.54. The highest BCUT2D eigenvalue weighted by Crippen LogP contribution is 2.13. The average molecular weight is 445 g/mol. The highest BCUT2D eigenvalue weighted by Gasteiger charge is 2.25. The van der Waals surface area contributed by atoms with Crippen molar-refractivity contribution in [2.45, 2.75) is 26.9 Å². The zero-order valence-corrected chi connectivity index (χ0v) is 21.0. The van der Waals surface area contributed by atoms with E-state index in [1.807, 2.05) is 0 Å². The molecule has 4 aromatic carbocycles. The van der Waals surface area contributed by atoms with Crippen LogP contribution in [0.5, 0.6) is 0 Å². The summed E-state index contributed by atoms with van der Waals surface area (Å²) in [4.78, 5) is 0. The normalized spacial score (nSPS) is 12.0. The fourth-order valence-corrected chi connectivity index (χ4v) is 6.45. The lowest BCUT2D eigenvalue weighted by Crippen LogP contribution is -2.52. The van der Waals surface area contributed by atoms with E-state index in [1.54, 1.807) is 0 Å². The van der Waals surface area contributed by atoms with Crippen LogP contribution in [0, 0.1) is 13.8 Å². The summed E-state index contributed by atoms with van der Waals surface area (Å²) in [5.74, 6) is 0. The molecule has 0 fully saturated rings. The third kappa shape index (κ3) is 5.88.